The van der Waals surface area contributed by atoms with Gasteiger partial charge >= 0.3 is 5.97 Å². The van der Waals surface area contributed by atoms with Crippen molar-refractivity contribution in [2.45, 2.75) is 39.4 Å². The Kier molecular flexibility index (Phi) is 9.77. The van der Waals surface area contributed by atoms with Gasteiger partial charge in [0.15, 0.2) is 6.10 Å². The first kappa shape index (κ1) is 18.3. The predicted octanol–water partition coefficient (Wildman–Crippen LogP) is 0.759. The molecule has 0 aromatic carbocycles. The van der Waals surface area contributed by atoms with Crippen LogP contribution in [0.3, 0.4) is 0 Å². The molecule has 0 aromatic rings. The summed E-state index contributed by atoms with van der Waals surface area (Å²) in [6.07, 6.45) is -0.603. The molecule has 1 N–H and O–H groups in total. The molecule has 0 heterocycles. The lowest BCUT2D eigenvalue weighted by Gasteiger charge is -2.22. The fourth-order valence-electron chi connectivity index (χ4n) is 1.12. The van der Waals surface area contributed by atoms with Crippen LogP contribution in [0, 0.1) is 0 Å². The highest BCUT2D eigenvalue weighted by molar-refractivity contribution is 5.74. The van der Waals surface area contributed by atoms with Crippen LogP contribution in [-0.2, 0) is 23.7 Å². The summed E-state index contributed by atoms with van der Waals surface area (Å²) >= 11 is 0. The van der Waals surface area contributed by atoms with Crippen LogP contribution in [0.1, 0.15) is 27.7 Å². The van der Waals surface area contributed by atoms with E-state index in [-0.39, 0.29) is 12.6 Å². The van der Waals surface area contributed by atoms with Gasteiger partial charge in [0, 0.05) is 0 Å². The molecule has 0 rings (SSSR count). The molecule has 0 radical (unpaired) electrons. The van der Waals surface area contributed by atoms with Crippen LogP contribution in [-0.4, -0.2) is 62.4 Å². The molecule has 0 aromatic heterocycles. The summed E-state index contributed by atoms with van der Waals surface area (Å²) in [5, 5.41) is 8.47. The van der Waals surface area contributed by atoms with Crippen LogP contribution in [0.15, 0.2) is 0 Å². The molecule has 114 valence electrons. The molecule has 0 aliphatic rings. The van der Waals surface area contributed by atoms with Crippen LogP contribution in [0.4, 0.5) is 0 Å². The Labute approximate surface area is 115 Å². The number of ether oxygens (including phenoxy) is 4. The van der Waals surface area contributed by atoms with Gasteiger partial charge < -0.3 is 24.1 Å². The number of esters is 1. The lowest BCUT2D eigenvalue weighted by molar-refractivity contribution is -0.168. The van der Waals surface area contributed by atoms with Crippen LogP contribution in [0.5, 0.6) is 0 Å². The van der Waals surface area contributed by atoms with Crippen molar-refractivity contribution < 1.29 is 28.8 Å². The Balaban J connectivity index is 3.48. The highest BCUT2D eigenvalue weighted by atomic mass is 16.6. The number of hydrogen-bond donors (Lipinski definition) is 1. The van der Waals surface area contributed by atoms with Gasteiger partial charge in [-0.15, -0.1) is 0 Å². The molecule has 0 bridgehead atoms. The van der Waals surface area contributed by atoms with E-state index in [1.54, 1.807) is 6.92 Å². The highest BCUT2D eigenvalue weighted by Gasteiger charge is 2.21. The van der Waals surface area contributed by atoms with Crippen molar-refractivity contribution in [3.63, 3.8) is 0 Å². The molecule has 6 nitrogen and oxygen atoms in total. The summed E-state index contributed by atoms with van der Waals surface area (Å²) in [6, 6.07) is 0. The average Bonchev–Trinajstić information content (AvgIpc) is 2.30. The predicted molar refractivity (Wildman–Crippen MR) is 70.0 cm³/mol. The first-order valence-corrected chi connectivity index (χ1v) is 6.47. The topological polar surface area (TPSA) is 74.2 Å². The fraction of sp³-hybridized carbons (Fsp3) is 0.923. The summed E-state index contributed by atoms with van der Waals surface area (Å²) in [7, 11) is 0. The van der Waals surface area contributed by atoms with Crippen molar-refractivity contribution in [2.75, 3.05) is 39.6 Å². The van der Waals surface area contributed by atoms with Crippen molar-refractivity contribution in [3.05, 3.63) is 0 Å². The minimum atomic E-state index is -0.603. The Morgan fingerprint density at radius 3 is 2.11 bits per heavy atom. The van der Waals surface area contributed by atoms with Gasteiger partial charge in [-0.3, -0.25) is 0 Å². The van der Waals surface area contributed by atoms with Gasteiger partial charge in [-0.25, -0.2) is 4.79 Å². The molecule has 19 heavy (non-hydrogen) atoms. The Hall–Kier alpha value is -0.690. The van der Waals surface area contributed by atoms with Crippen LogP contribution in [0.25, 0.3) is 0 Å². The van der Waals surface area contributed by atoms with Gasteiger partial charge in [0.2, 0.25) is 0 Å². The third kappa shape index (κ3) is 12.1. The minimum absolute atomic E-state index is 0.0104. The van der Waals surface area contributed by atoms with E-state index in [0.717, 1.165) is 0 Å². The monoisotopic (exact) mass is 278 g/mol. The van der Waals surface area contributed by atoms with E-state index >= 15 is 0 Å². The number of carbonyl (C=O) groups excluding carboxylic acids is 1. The van der Waals surface area contributed by atoms with Crippen molar-refractivity contribution in [3.8, 4) is 0 Å². The maximum Gasteiger partial charge on any atom is 0.335 e. The number of aliphatic hydroxyl groups excluding tert-OH is 1. The van der Waals surface area contributed by atoms with Crippen LogP contribution >= 0.6 is 0 Å². The summed E-state index contributed by atoms with van der Waals surface area (Å²) in [6.45, 7) is 8.99. The van der Waals surface area contributed by atoms with E-state index < -0.39 is 11.7 Å². The second-order valence-corrected chi connectivity index (χ2v) is 4.99. The van der Waals surface area contributed by atoms with Crippen molar-refractivity contribution in [1.82, 2.24) is 0 Å². The zero-order valence-corrected chi connectivity index (χ0v) is 12.3. The molecular weight excluding hydrogens is 252 g/mol. The lowest BCUT2D eigenvalue weighted by Crippen LogP contribution is -2.32. The molecule has 0 amide bonds. The van der Waals surface area contributed by atoms with Gasteiger partial charge in [-0.05, 0) is 27.7 Å². The SMILES string of the molecule is CC(OCCOCCOCCO)C(=O)OC(C)(C)C. The normalized spacial score (nSPS) is 13.3. The van der Waals surface area contributed by atoms with Crippen LogP contribution < -0.4 is 0 Å². The Morgan fingerprint density at radius 1 is 1.05 bits per heavy atom. The first-order valence-electron chi connectivity index (χ1n) is 6.47. The summed E-state index contributed by atoms with van der Waals surface area (Å²) in [5.74, 6) is -0.376. The summed E-state index contributed by atoms with van der Waals surface area (Å²) in [4.78, 5) is 11.6. The third-order valence-electron chi connectivity index (χ3n) is 1.94. The lowest BCUT2D eigenvalue weighted by atomic mass is 10.2. The van der Waals surface area contributed by atoms with E-state index in [0.29, 0.717) is 33.0 Å². The maximum atomic E-state index is 11.6. The maximum absolute atomic E-state index is 11.6. The molecular formula is C13H26O6. The molecule has 0 spiro atoms. The zero-order valence-electron chi connectivity index (χ0n) is 12.3. The molecule has 1 atom stereocenters. The summed E-state index contributed by atoms with van der Waals surface area (Å²) < 4.78 is 20.7. The third-order valence-corrected chi connectivity index (χ3v) is 1.94. The molecule has 1 unspecified atom stereocenters. The quantitative estimate of drug-likeness (QED) is 0.470. The van der Waals surface area contributed by atoms with Crippen molar-refractivity contribution in [1.29, 1.82) is 0 Å². The summed E-state index contributed by atoms with van der Waals surface area (Å²) in [5.41, 5.74) is -0.505. The second-order valence-electron chi connectivity index (χ2n) is 4.99. The van der Waals surface area contributed by atoms with Gasteiger partial charge in [-0.1, -0.05) is 0 Å². The first-order chi connectivity index (χ1) is 8.87. The van der Waals surface area contributed by atoms with E-state index in [2.05, 4.69) is 0 Å². The number of hydrogen-bond acceptors (Lipinski definition) is 6. The van der Waals surface area contributed by atoms with E-state index in [1.165, 1.54) is 0 Å². The highest BCUT2D eigenvalue weighted by Crippen LogP contribution is 2.09. The van der Waals surface area contributed by atoms with Gasteiger partial charge in [-0.2, -0.15) is 0 Å². The Bertz CT molecular complexity index is 236. The van der Waals surface area contributed by atoms with Gasteiger partial charge in [0.25, 0.3) is 0 Å². The standard InChI is InChI=1S/C13H26O6/c1-11(12(15)19-13(2,3)4)18-10-9-17-8-7-16-6-5-14/h11,14H,5-10H2,1-4H3. The van der Waals surface area contributed by atoms with E-state index in [9.17, 15) is 4.79 Å². The smallest absolute Gasteiger partial charge is 0.335 e. The van der Waals surface area contributed by atoms with Crippen molar-refractivity contribution >= 4 is 5.97 Å². The molecule has 0 saturated heterocycles. The van der Waals surface area contributed by atoms with E-state index in [1.807, 2.05) is 20.8 Å². The van der Waals surface area contributed by atoms with E-state index in [4.69, 9.17) is 24.1 Å². The molecule has 6 heteroatoms. The molecule has 0 aliphatic heterocycles. The number of aliphatic hydroxyl groups is 1. The van der Waals surface area contributed by atoms with Gasteiger partial charge in [0.1, 0.15) is 5.60 Å². The average molecular weight is 278 g/mol. The fourth-order valence-corrected chi connectivity index (χ4v) is 1.12. The number of rotatable bonds is 10. The second kappa shape index (κ2) is 10.1. The molecule has 0 saturated carbocycles. The minimum Gasteiger partial charge on any atom is -0.458 e. The van der Waals surface area contributed by atoms with Crippen LogP contribution in [0.2, 0.25) is 0 Å². The number of carbonyl (C=O) groups is 1. The van der Waals surface area contributed by atoms with Crippen molar-refractivity contribution in [2.24, 2.45) is 0 Å². The largest absolute Gasteiger partial charge is 0.458 e. The molecule has 0 aliphatic carbocycles. The Morgan fingerprint density at radius 2 is 1.58 bits per heavy atom. The zero-order chi connectivity index (χ0) is 14.7. The molecule has 0 fully saturated rings. The van der Waals surface area contributed by atoms with Gasteiger partial charge in [0.05, 0.1) is 39.6 Å².